The summed E-state index contributed by atoms with van der Waals surface area (Å²) in [6.07, 6.45) is 29.1. The molecule has 252 valence electrons. The van der Waals surface area contributed by atoms with Gasteiger partial charge in [-0.15, -0.1) is 0 Å². The van der Waals surface area contributed by atoms with E-state index in [2.05, 4.69) is 43.5 Å². The molecule has 0 aromatic rings. The summed E-state index contributed by atoms with van der Waals surface area (Å²) in [6.45, 7) is 4.50. The van der Waals surface area contributed by atoms with Crippen molar-refractivity contribution in [3.8, 4) is 0 Å². The standard InChI is InChI=1S/C34H65N2O6P/c1-6-8-10-12-14-16-17-18-20-21-23-25-27-33(37)32(31-42-43(39,40)41-30-29-36(3,4)5)35-34(38)28-26-24-22-19-15-13-11-9-7-2/h12,14,18,20,25,27,32-33,37H,6-11,13,15-17,19,21-24,26,28-31H2,1-5H3,(H-,35,38,39,40)/b14-12+,20-18+,27-25+. The maximum atomic E-state index is 12.7. The average Bonchev–Trinajstić information content (AvgIpc) is 2.94. The molecule has 2 N–H and O–H groups in total. The van der Waals surface area contributed by atoms with E-state index in [1.54, 1.807) is 6.08 Å². The maximum Gasteiger partial charge on any atom is 0.268 e. The van der Waals surface area contributed by atoms with Crippen LogP contribution in [0.25, 0.3) is 0 Å². The number of likely N-dealkylation sites (N-methyl/N-ethyl adjacent to an activating group) is 1. The molecule has 0 spiro atoms. The Kier molecular flexibility index (Phi) is 26.3. The fourth-order valence-corrected chi connectivity index (χ4v) is 5.01. The van der Waals surface area contributed by atoms with Crippen LogP contribution in [0.15, 0.2) is 36.5 Å². The number of carbonyl (C=O) groups is 1. The molecule has 9 heteroatoms. The Hall–Kier alpha value is -1.28. The molecule has 0 saturated heterocycles. The molecule has 0 fully saturated rings. The summed E-state index contributed by atoms with van der Waals surface area (Å²) in [4.78, 5) is 25.0. The number of nitrogens with zero attached hydrogens (tertiary/aromatic N) is 1. The van der Waals surface area contributed by atoms with Gasteiger partial charge in [-0.1, -0.05) is 115 Å². The molecule has 43 heavy (non-hydrogen) atoms. The molecule has 0 rings (SSSR count). The van der Waals surface area contributed by atoms with E-state index in [1.165, 1.54) is 51.4 Å². The lowest BCUT2D eigenvalue weighted by Gasteiger charge is -2.29. The predicted molar refractivity (Wildman–Crippen MR) is 178 cm³/mol. The van der Waals surface area contributed by atoms with E-state index in [9.17, 15) is 19.4 Å². The fraction of sp³-hybridized carbons (Fsp3) is 0.794. The monoisotopic (exact) mass is 628 g/mol. The summed E-state index contributed by atoms with van der Waals surface area (Å²) in [7, 11) is 1.23. The summed E-state index contributed by atoms with van der Waals surface area (Å²) in [5.74, 6) is -0.220. The van der Waals surface area contributed by atoms with Gasteiger partial charge in [-0.25, -0.2) is 0 Å². The van der Waals surface area contributed by atoms with Gasteiger partial charge in [-0.05, 0) is 38.5 Å². The molecular weight excluding hydrogens is 563 g/mol. The highest BCUT2D eigenvalue weighted by atomic mass is 31.2. The van der Waals surface area contributed by atoms with Crippen molar-refractivity contribution < 1.29 is 32.9 Å². The number of phosphoric acid groups is 1. The van der Waals surface area contributed by atoms with Crippen molar-refractivity contribution in [3.05, 3.63) is 36.5 Å². The van der Waals surface area contributed by atoms with Crippen LogP contribution in [0.3, 0.4) is 0 Å². The molecule has 0 aliphatic heterocycles. The number of allylic oxidation sites excluding steroid dienone is 5. The Morgan fingerprint density at radius 2 is 1.30 bits per heavy atom. The van der Waals surface area contributed by atoms with Crippen LogP contribution in [-0.4, -0.2) is 68.5 Å². The maximum absolute atomic E-state index is 12.7. The number of nitrogens with one attached hydrogen (secondary N) is 1. The molecular formula is C34H65N2O6P. The number of phosphoric ester groups is 1. The molecule has 1 amide bonds. The Bertz CT molecular complexity index is 809. The summed E-state index contributed by atoms with van der Waals surface area (Å²) >= 11 is 0. The molecule has 0 saturated carbocycles. The van der Waals surface area contributed by atoms with Crippen LogP contribution in [0.5, 0.6) is 0 Å². The zero-order valence-corrected chi connectivity index (χ0v) is 29.0. The van der Waals surface area contributed by atoms with E-state index in [0.29, 0.717) is 17.4 Å². The molecule has 0 aliphatic rings. The van der Waals surface area contributed by atoms with Crippen molar-refractivity contribution in [2.45, 2.75) is 135 Å². The molecule has 0 aromatic heterocycles. The van der Waals surface area contributed by atoms with Crippen molar-refractivity contribution in [2.75, 3.05) is 40.9 Å². The van der Waals surface area contributed by atoms with E-state index in [-0.39, 0.29) is 12.5 Å². The molecule has 0 aromatic carbocycles. The van der Waals surface area contributed by atoms with Crippen molar-refractivity contribution >= 4 is 13.7 Å². The van der Waals surface area contributed by atoms with E-state index in [1.807, 2.05) is 27.2 Å². The first kappa shape index (κ1) is 41.7. The number of hydrogen-bond donors (Lipinski definition) is 2. The van der Waals surface area contributed by atoms with Gasteiger partial charge in [0.1, 0.15) is 13.2 Å². The van der Waals surface area contributed by atoms with Crippen LogP contribution in [0.2, 0.25) is 0 Å². The number of rotatable bonds is 29. The first-order valence-corrected chi connectivity index (χ1v) is 18.3. The van der Waals surface area contributed by atoms with Crippen molar-refractivity contribution in [1.82, 2.24) is 5.32 Å². The topological polar surface area (TPSA) is 108 Å². The van der Waals surface area contributed by atoms with Gasteiger partial charge in [0.05, 0.1) is 39.9 Å². The molecule has 3 atom stereocenters. The second-order valence-corrected chi connectivity index (χ2v) is 13.9. The van der Waals surface area contributed by atoms with Gasteiger partial charge in [-0.2, -0.15) is 0 Å². The van der Waals surface area contributed by atoms with E-state index in [4.69, 9.17) is 9.05 Å². The van der Waals surface area contributed by atoms with Gasteiger partial charge in [-0.3, -0.25) is 9.36 Å². The van der Waals surface area contributed by atoms with Crippen LogP contribution in [0.4, 0.5) is 0 Å². The highest BCUT2D eigenvalue weighted by Gasteiger charge is 2.23. The van der Waals surface area contributed by atoms with Gasteiger partial charge in [0.2, 0.25) is 5.91 Å². The van der Waals surface area contributed by atoms with Gasteiger partial charge >= 0.3 is 0 Å². The SMILES string of the molecule is CCCC/C=C/CC/C=C/CC/C=C/C(O)C(COP(=O)([O-])OCC[N+](C)(C)C)NC(=O)CCCCCCCCCCC. The second kappa shape index (κ2) is 27.1. The van der Waals surface area contributed by atoms with Crippen molar-refractivity contribution in [2.24, 2.45) is 0 Å². The fourth-order valence-electron chi connectivity index (χ4n) is 4.28. The molecule has 0 heterocycles. The average molecular weight is 629 g/mol. The van der Waals surface area contributed by atoms with Gasteiger partial charge in [0.25, 0.3) is 7.82 Å². The van der Waals surface area contributed by atoms with Crippen molar-refractivity contribution in [3.63, 3.8) is 0 Å². The number of aliphatic hydroxyl groups excluding tert-OH is 1. The van der Waals surface area contributed by atoms with Crippen LogP contribution in [-0.2, 0) is 18.4 Å². The van der Waals surface area contributed by atoms with Crippen LogP contribution in [0, 0.1) is 0 Å². The Morgan fingerprint density at radius 1 is 0.791 bits per heavy atom. The summed E-state index contributed by atoms with van der Waals surface area (Å²) in [5.41, 5.74) is 0. The van der Waals surface area contributed by atoms with Crippen LogP contribution >= 0.6 is 7.82 Å². The lowest BCUT2D eigenvalue weighted by atomic mass is 10.1. The Balaban J connectivity index is 4.73. The first-order chi connectivity index (χ1) is 20.5. The summed E-state index contributed by atoms with van der Waals surface area (Å²) < 4.78 is 22.9. The minimum absolute atomic E-state index is 0.00890. The second-order valence-electron chi connectivity index (χ2n) is 12.5. The van der Waals surface area contributed by atoms with Crippen molar-refractivity contribution in [1.29, 1.82) is 0 Å². The van der Waals surface area contributed by atoms with Gasteiger partial charge in [0.15, 0.2) is 0 Å². The largest absolute Gasteiger partial charge is 0.756 e. The molecule has 0 radical (unpaired) electrons. The third-order valence-corrected chi connectivity index (χ3v) is 8.04. The lowest BCUT2D eigenvalue weighted by molar-refractivity contribution is -0.870. The zero-order chi connectivity index (χ0) is 32.2. The van der Waals surface area contributed by atoms with Crippen LogP contribution in [0.1, 0.15) is 123 Å². The normalized spacial score (nSPS) is 15.4. The number of carbonyl (C=O) groups excluding carboxylic acids is 1. The highest BCUT2D eigenvalue weighted by Crippen LogP contribution is 2.38. The quantitative estimate of drug-likeness (QED) is 0.0387. The third-order valence-electron chi connectivity index (χ3n) is 7.08. The predicted octanol–water partition coefficient (Wildman–Crippen LogP) is 7.38. The van der Waals surface area contributed by atoms with Crippen LogP contribution < -0.4 is 10.2 Å². The number of amides is 1. The number of aliphatic hydroxyl groups is 1. The molecule has 0 bridgehead atoms. The smallest absolute Gasteiger partial charge is 0.268 e. The third kappa shape index (κ3) is 29.2. The van der Waals surface area contributed by atoms with Gasteiger partial charge in [0, 0.05) is 6.42 Å². The minimum Gasteiger partial charge on any atom is -0.756 e. The van der Waals surface area contributed by atoms with E-state index < -0.39 is 26.6 Å². The lowest BCUT2D eigenvalue weighted by Crippen LogP contribution is -2.45. The zero-order valence-electron chi connectivity index (χ0n) is 28.1. The number of hydrogen-bond acceptors (Lipinski definition) is 6. The Labute approximate surface area is 264 Å². The first-order valence-electron chi connectivity index (χ1n) is 16.9. The minimum atomic E-state index is -4.58. The van der Waals surface area contributed by atoms with Gasteiger partial charge < -0.3 is 28.8 Å². The molecule has 8 nitrogen and oxygen atoms in total. The number of unbranched alkanes of at least 4 members (excludes halogenated alkanes) is 12. The van der Waals surface area contributed by atoms with E-state index >= 15 is 0 Å². The molecule has 0 aliphatic carbocycles. The summed E-state index contributed by atoms with van der Waals surface area (Å²) in [5, 5.41) is 13.6. The number of quaternary nitrogens is 1. The molecule has 3 unspecified atom stereocenters. The Morgan fingerprint density at radius 3 is 1.86 bits per heavy atom. The van der Waals surface area contributed by atoms with E-state index in [0.717, 1.165) is 51.4 Å². The highest BCUT2D eigenvalue weighted by molar-refractivity contribution is 7.45. The summed E-state index contributed by atoms with van der Waals surface area (Å²) in [6, 6.07) is -0.901.